The molecule has 0 spiro atoms. The van der Waals surface area contributed by atoms with Crippen molar-refractivity contribution in [3.05, 3.63) is 29.6 Å². The van der Waals surface area contributed by atoms with E-state index in [0.717, 1.165) is 5.56 Å². The zero-order chi connectivity index (χ0) is 15.0. The summed E-state index contributed by atoms with van der Waals surface area (Å²) in [5.41, 5.74) is 6.51. The highest BCUT2D eigenvalue weighted by molar-refractivity contribution is 5.95. The van der Waals surface area contributed by atoms with Crippen LogP contribution in [0.5, 0.6) is 0 Å². The van der Waals surface area contributed by atoms with Gasteiger partial charge in [0.15, 0.2) is 5.84 Å². The fourth-order valence-electron chi connectivity index (χ4n) is 1.34. The first-order valence-electron chi connectivity index (χ1n) is 5.70. The Morgan fingerprint density at radius 2 is 2.25 bits per heavy atom. The lowest BCUT2D eigenvalue weighted by Gasteiger charge is -2.08. The molecule has 4 N–H and O–H groups in total. The second kappa shape index (κ2) is 7.65. The lowest BCUT2D eigenvalue weighted by molar-refractivity contribution is -0.173. The number of nitrogens with zero attached hydrogens (tertiary/aromatic N) is 2. The third-order valence-electron chi connectivity index (χ3n) is 2.21. The molecule has 1 aromatic heterocycles. The maximum absolute atomic E-state index is 11.8. The molecule has 0 aromatic carbocycles. The lowest BCUT2D eigenvalue weighted by atomic mass is 10.2. The quantitative estimate of drug-likeness (QED) is 0.228. The molecule has 1 aromatic rings. The molecule has 9 heteroatoms. The van der Waals surface area contributed by atoms with Crippen LogP contribution in [0.1, 0.15) is 11.3 Å². The van der Waals surface area contributed by atoms with Gasteiger partial charge in [0.2, 0.25) is 0 Å². The van der Waals surface area contributed by atoms with Crippen molar-refractivity contribution in [2.24, 2.45) is 10.9 Å². The Bertz CT molecular complexity index is 452. The van der Waals surface area contributed by atoms with Gasteiger partial charge in [0.1, 0.15) is 12.3 Å². The fraction of sp³-hybridized carbons (Fsp3) is 0.455. The smallest absolute Gasteiger partial charge is 0.409 e. The predicted octanol–water partition coefficient (Wildman–Crippen LogP) is 0.845. The van der Waals surface area contributed by atoms with E-state index in [0.29, 0.717) is 12.2 Å². The summed E-state index contributed by atoms with van der Waals surface area (Å²) < 4.78 is 39.8. The molecule has 0 atom stereocenters. The van der Waals surface area contributed by atoms with Crippen molar-refractivity contribution in [2.75, 3.05) is 19.8 Å². The van der Waals surface area contributed by atoms with E-state index in [-0.39, 0.29) is 19.0 Å². The summed E-state index contributed by atoms with van der Waals surface area (Å²) in [5.74, 6) is -0.111. The largest absolute Gasteiger partial charge is 0.411 e. The van der Waals surface area contributed by atoms with E-state index in [9.17, 15) is 13.2 Å². The van der Waals surface area contributed by atoms with Gasteiger partial charge in [0, 0.05) is 19.3 Å². The van der Waals surface area contributed by atoms with Crippen LogP contribution in [0.3, 0.4) is 0 Å². The molecular weight excluding hydrogens is 277 g/mol. The number of aromatic nitrogens is 1. The Kier molecular flexibility index (Phi) is 6.19. The minimum absolute atomic E-state index is 0.0440. The number of amidine groups is 1. The van der Waals surface area contributed by atoms with Gasteiger partial charge >= 0.3 is 6.18 Å². The molecule has 0 radical (unpaired) electrons. The van der Waals surface area contributed by atoms with E-state index in [2.05, 4.69) is 20.2 Å². The van der Waals surface area contributed by atoms with Crippen molar-refractivity contribution in [1.29, 1.82) is 0 Å². The lowest BCUT2D eigenvalue weighted by Crippen LogP contribution is -2.24. The number of nitrogens with one attached hydrogen (secondary N) is 1. The van der Waals surface area contributed by atoms with Crippen molar-refractivity contribution < 1.29 is 23.1 Å². The van der Waals surface area contributed by atoms with E-state index in [4.69, 9.17) is 10.9 Å². The number of alkyl halides is 3. The molecule has 1 rings (SSSR count). The third kappa shape index (κ3) is 6.34. The van der Waals surface area contributed by atoms with Crippen molar-refractivity contribution in [3.63, 3.8) is 0 Å². The van der Waals surface area contributed by atoms with Crippen LogP contribution in [0, 0.1) is 0 Å². The van der Waals surface area contributed by atoms with Crippen molar-refractivity contribution in [1.82, 2.24) is 10.3 Å². The SMILES string of the molecule is NC(=NO)c1cc(CNCCOCC(F)(F)F)ccn1. The van der Waals surface area contributed by atoms with E-state index in [1.807, 2.05) is 0 Å². The summed E-state index contributed by atoms with van der Waals surface area (Å²) in [6.07, 6.45) is -2.81. The van der Waals surface area contributed by atoms with Crippen LogP contribution in [0.4, 0.5) is 13.2 Å². The van der Waals surface area contributed by atoms with E-state index < -0.39 is 12.8 Å². The number of pyridine rings is 1. The monoisotopic (exact) mass is 292 g/mol. The van der Waals surface area contributed by atoms with Crippen LogP contribution < -0.4 is 11.1 Å². The van der Waals surface area contributed by atoms with Gasteiger partial charge in [-0.15, -0.1) is 0 Å². The highest BCUT2D eigenvalue weighted by atomic mass is 19.4. The maximum Gasteiger partial charge on any atom is 0.411 e. The molecule has 20 heavy (non-hydrogen) atoms. The number of hydrogen-bond acceptors (Lipinski definition) is 5. The van der Waals surface area contributed by atoms with E-state index in [1.54, 1.807) is 12.1 Å². The summed E-state index contributed by atoms with van der Waals surface area (Å²) in [4.78, 5) is 3.90. The van der Waals surface area contributed by atoms with Gasteiger partial charge < -0.3 is 21.0 Å². The summed E-state index contributed by atoms with van der Waals surface area (Å²) in [7, 11) is 0. The Morgan fingerprint density at radius 1 is 1.50 bits per heavy atom. The normalized spacial score (nSPS) is 12.7. The van der Waals surface area contributed by atoms with Crippen LogP contribution in [0.25, 0.3) is 0 Å². The van der Waals surface area contributed by atoms with Crippen LogP contribution in [0.2, 0.25) is 0 Å². The molecule has 6 nitrogen and oxygen atoms in total. The highest BCUT2D eigenvalue weighted by Gasteiger charge is 2.27. The predicted molar refractivity (Wildman–Crippen MR) is 65.3 cm³/mol. The third-order valence-corrected chi connectivity index (χ3v) is 2.21. The number of hydrogen-bond donors (Lipinski definition) is 3. The van der Waals surface area contributed by atoms with Crippen LogP contribution in [-0.2, 0) is 11.3 Å². The van der Waals surface area contributed by atoms with Crippen molar-refractivity contribution in [3.8, 4) is 0 Å². The Hall–Kier alpha value is -1.87. The van der Waals surface area contributed by atoms with E-state index in [1.165, 1.54) is 6.20 Å². The van der Waals surface area contributed by atoms with Gasteiger partial charge in [-0.3, -0.25) is 4.98 Å². The molecule has 0 aliphatic carbocycles. The molecule has 0 saturated heterocycles. The van der Waals surface area contributed by atoms with Crippen LogP contribution >= 0.6 is 0 Å². The Labute approximate surface area is 113 Å². The number of halogens is 3. The molecule has 1 heterocycles. The molecule has 0 saturated carbocycles. The highest BCUT2D eigenvalue weighted by Crippen LogP contribution is 2.13. The average molecular weight is 292 g/mol. The zero-order valence-corrected chi connectivity index (χ0v) is 10.5. The second-order valence-corrected chi connectivity index (χ2v) is 3.88. The van der Waals surface area contributed by atoms with Crippen LogP contribution in [0.15, 0.2) is 23.5 Å². The van der Waals surface area contributed by atoms with Gasteiger partial charge in [-0.1, -0.05) is 5.16 Å². The number of nitrogens with two attached hydrogens (primary N) is 1. The molecule has 112 valence electrons. The molecule has 0 aliphatic heterocycles. The molecule has 0 amide bonds. The topological polar surface area (TPSA) is 92.8 Å². The van der Waals surface area contributed by atoms with Gasteiger partial charge in [0.05, 0.1) is 6.61 Å². The Balaban J connectivity index is 2.29. The van der Waals surface area contributed by atoms with E-state index >= 15 is 0 Å². The maximum atomic E-state index is 11.8. The van der Waals surface area contributed by atoms with Crippen molar-refractivity contribution >= 4 is 5.84 Å². The summed E-state index contributed by atoms with van der Waals surface area (Å²) in [5, 5.41) is 14.3. The molecular formula is C11H15F3N4O2. The first kappa shape index (κ1) is 16.2. The van der Waals surface area contributed by atoms with Crippen LogP contribution in [-0.4, -0.2) is 42.0 Å². The first-order chi connectivity index (χ1) is 9.42. The number of ether oxygens (including phenoxy) is 1. The first-order valence-corrected chi connectivity index (χ1v) is 5.70. The number of rotatable bonds is 7. The zero-order valence-electron chi connectivity index (χ0n) is 10.5. The standard InChI is InChI=1S/C11H15F3N4O2/c12-11(13,14)7-20-4-3-16-6-8-1-2-17-9(5-8)10(15)18-19/h1-2,5,16,19H,3-4,6-7H2,(H2,15,18). The molecule has 0 aliphatic rings. The van der Waals surface area contributed by atoms with Gasteiger partial charge in [-0.25, -0.2) is 0 Å². The van der Waals surface area contributed by atoms with Gasteiger partial charge in [0.25, 0.3) is 0 Å². The average Bonchev–Trinajstić information content (AvgIpc) is 2.41. The Morgan fingerprint density at radius 3 is 2.90 bits per heavy atom. The second-order valence-electron chi connectivity index (χ2n) is 3.88. The summed E-state index contributed by atoms with van der Waals surface area (Å²) in [6.45, 7) is -0.615. The molecule has 0 fully saturated rings. The van der Waals surface area contributed by atoms with Gasteiger partial charge in [-0.05, 0) is 17.7 Å². The minimum Gasteiger partial charge on any atom is -0.409 e. The number of oxime groups is 1. The summed E-state index contributed by atoms with van der Waals surface area (Å²) >= 11 is 0. The van der Waals surface area contributed by atoms with Crippen molar-refractivity contribution in [2.45, 2.75) is 12.7 Å². The fourth-order valence-corrected chi connectivity index (χ4v) is 1.34. The molecule has 0 unspecified atom stereocenters. The minimum atomic E-state index is -4.30. The summed E-state index contributed by atoms with van der Waals surface area (Å²) in [6, 6.07) is 3.32. The molecule has 0 bridgehead atoms. The van der Waals surface area contributed by atoms with Gasteiger partial charge in [-0.2, -0.15) is 13.2 Å².